The molecule has 8 nitrogen and oxygen atoms in total. The maximum Gasteiger partial charge on any atom is 0.193 e. The van der Waals surface area contributed by atoms with Gasteiger partial charge in [-0.2, -0.15) is 0 Å². The second kappa shape index (κ2) is 12.3. The molecule has 5 heterocycles. The maximum atomic E-state index is 16.4. The van der Waals surface area contributed by atoms with Gasteiger partial charge in [-0.1, -0.05) is 0 Å². The number of anilines is 2. The lowest BCUT2D eigenvalue weighted by atomic mass is 10.0. The second-order valence-corrected chi connectivity index (χ2v) is 12.9. The molecule has 0 amide bonds. The number of nitrogens with zero attached hydrogens (tertiary/aromatic N) is 7. The minimum atomic E-state index is -0.258. The molecular formula is C35H42FN7O. The van der Waals surface area contributed by atoms with Crippen LogP contribution in [0.25, 0.3) is 10.9 Å². The van der Waals surface area contributed by atoms with Gasteiger partial charge in [0, 0.05) is 99.7 Å². The standard InChI is InChI=1S/C35H42FN7O/c1-25-19-26(11-13-38-25)21-42(30-6-4-14-41(24-30)29-5-3-12-37-20-29)22-27-23-43(28-7-8-28)34-31(35(27)44)9-10-32(33(34)36)40-17-15-39(2)16-18-40/h3,5,9-13,19-20,23,28,30H,4,6-8,14-18,21-22,24H2,1-2H3/t30-/m0/s1. The van der Waals surface area contributed by atoms with E-state index in [1.807, 2.05) is 49.9 Å². The van der Waals surface area contributed by atoms with Crippen LogP contribution in [0.3, 0.4) is 0 Å². The molecule has 9 heteroatoms. The van der Waals surface area contributed by atoms with Crippen molar-refractivity contribution in [3.8, 4) is 0 Å². The Bertz CT molecular complexity index is 1680. The van der Waals surface area contributed by atoms with Crippen molar-refractivity contribution >= 4 is 22.3 Å². The van der Waals surface area contributed by atoms with Crippen molar-refractivity contribution in [3.63, 3.8) is 0 Å². The highest BCUT2D eigenvalue weighted by molar-refractivity contribution is 5.84. The largest absolute Gasteiger partial charge is 0.369 e. The summed E-state index contributed by atoms with van der Waals surface area (Å²) in [5, 5.41) is 0.491. The van der Waals surface area contributed by atoms with Gasteiger partial charge in [0.25, 0.3) is 0 Å². The summed E-state index contributed by atoms with van der Waals surface area (Å²) in [5.41, 5.74) is 5.05. The third kappa shape index (κ3) is 5.95. The lowest BCUT2D eigenvalue weighted by Gasteiger charge is -2.40. The lowest BCUT2D eigenvalue weighted by Crippen LogP contribution is -2.48. The van der Waals surface area contributed by atoms with Gasteiger partial charge in [0.2, 0.25) is 0 Å². The first-order valence-electron chi connectivity index (χ1n) is 16.0. The lowest BCUT2D eigenvalue weighted by molar-refractivity contribution is 0.158. The smallest absolute Gasteiger partial charge is 0.193 e. The Morgan fingerprint density at radius 1 is 0.977 bits per heavy atom. The van der Waals surface area contributed by atoms with E-state index < -0.39 is 0 Å². The first-order chi connectivity index (χ1) is 21.4. The van der Waals surface area contributed by atoms with Gasteiger partial charge in [-0.25, -0.2) is 4.39 Å². The third-order valence-electron chi connectivity index (χ3n) is 9.61. The minimum Gasteiger partial charge on any atom is -0.369 e. The van der Waals surface area contributed by atoms with Gasteiger partial charge in [0.1, 0.15) is 0 Å². The van der Waals surface area contributed by atoms with E-state index in [-0.39, 0.29) is 23.3 Å². The van der Waals surface area contributed by atoms with Crippen LogP contribution in [0.4, 0.5) is 15.8 Å². The van der Waals surface area contributed by atoms with E-state index in [2.05, 4.69) is 59.4 Å². The molecule has 1 aliphatic carbocycles. The summed E-state index contributed by atoms with van der Waals surface area (Å²) in [6.45, 7) is 8.46. The molecule has 1 atom stereocenters. The van der Waals surface area contributed by atoms with Crippen molar-refractivity contribution in [2.45, 2.75) is 57.8 Å². The Kier molecular flexibility index (Phi) is 8.08. The quantitative estimate of drug-likeness (QED) is 0.284. The summed E-state index contributed by atoms with van der Waals surface area (Å²) in [5.74, 6) is -0.258. The van der Waals surface area contributed by atoms with Crippen LogP contribution in [0.2, 0.25) is 0 Å². The Labute approximate surface area is 258 Å². The molecule has 0 N–H and O–H groups in total. The number of fused-ring (bicyclic) bond motifs is 1. The minimum absolute atomic E-state index is 0.0587. The van der Waals surface area contributed by atoms with E-state index >= 15 is 4.39 Å². The van der Waals surface area contributed by atoms with E-state index in [1.165, 1.54) is 5.56 Å². The highest BCUT2D eigenvalue weighted by atomic mass is 19.1. The summed E-state index contributed by atoms with van der Waals surface area (Å²) in [6, 6.07) is 12.5. The van der Waals surface area contributed by atoms with Gasteiger partial charge in [-0.05, 0) is 81.6 Å². The van der Waals surface area contributed by atoms with Crippen molar-refractivity contribution in [3.05, 3.63) is 94.0 Å². The highest BCUT2D eigenvalue weighted by Crippen LogP contribution is 2.39. The monoisotopic (exact) mass is 595 g/mol. The van der Waals surface area contributed by atoms with E-state index in [1.54, 1.807) is 0 Å². The van der Waals surface area contributed by atoms with Crippen molar-refractivity contribution in [2.24, 2.45) is 0 Å². The van der Waals surface area contributed by atoms with Crippen molar-refractivity contribution in [1.29, 1.82) is 0 Å². The highest BCUT2D eigenvalue weighted by Gasteiger charge is 2.31. The number of halogens is 1. The molecule has 3 aliphatic rings. The average molecular weight is 596 g/mol. The number of aromatic nitrogens is 3. The third-order valence-corrected chi connectivity index (χ3v) is 9.61. The van der Waals surface area contributed by atoms with Crippen LogP contribution in [-0.4, -0.2) is 76.7 Å². The molecule has 2 aliphatic heterocycles. The topological polar surface area (TPSA) is 60.7 Å². The van der Waals surface area contributed by atoms with Gasteiger partial charge >= 0.3 is 0 Å². The predicted molar refractivity (Wildman–Crippen MR) is 174 cm³/mol. The molecule has 1 aromatic carbocycles. The van der Waals surface area contributed by atoms with Crippen LogP contribution in [0.1, 0.15) is 48.5 Å². The average Bonchev–Trinajstić information content (AvgIpc) is 3.89. The van der Waals surface area contributed by atoms with E-state index in [9.17, 15) is 4.79 Å². The molecule has 1 saturated carbocycles. The summed E-state index contributed by atoms with van der Waals surface area (Å²) in [4.78, 5) is 32.2. The Hall–Kier alpha value is -3.82. The number of hydrogen-bond acceptors (Lipinski definition) is 7. The van der Waals surface area contributed by atoms with Gasteiger partial charge in [0.05, 0.1) is 23.1 Å². The first-order valence-corrected chi connectivity index (χ1v) is 16.0. The Morgan fingerprint density at radius 2 is 1.82 bits per heavy atom. The number of rotatable bonds is 8. The van der Waals surface area contributed by atoms with Gasteiger partial charge in [-0.15, -0.1) is 0 Å². The van der Waals surface area contributed by atoms with Crippen molar-refractivity contribution in [2.75, 3.05) is 56.1 Å². The van der Waals surface area contributed by atoms with E-state index in [4.69, 9.17) is 0 Å². The molecule has 3 fully saturated rings. The molecule has 0 bridgehead atoms. The van der Waals surface area contributed by atoms with Crippen LogP contribution >= 0.6 is 0 Å². The number of piperazine rings is 1. The van der Waals surface area contributed by atoms with Crippen LogP contribution in [0, 0.1) is 12.7 Å². The Balaban J connectivity index is 1.25. The zero-order chi connectivity index (χ0) is 30.2. The van der Waals surface area contributed by atoms with Gasteiger partial charge in [0.15, 0.2) is 11.2 Å². The fraction of sp³-hybridized carbons (Fsp3) is 0.457. The predicted octanol–water partition coefficient (Wildman–Crippen LogP) is 5.00. The molecule has 44 heavy (non-hydrogen) atoms. The molecule has 3 aromatic heterocycles. The van der Waals surface area contributed by atoms with Crippen molar-refractivity contribution in [1.82, 2.24) is 24.3 Å². The first kappa shape index (κ1) is 28.9. The van der Waals surface area contributed by atoms with Crippen LogP contribution in [0.5, 0.6) is 0 Å². The zero-order valence-electron chi connectivity index (χ0n) is 25.8. The Morgan fingerprint density at radius 3 is 2.57 bits per heavy atom. The van der Waals surface area contributed by atoms with Gasteiger partial charge in [-0.3, -0.25) is 19.7 Å². The van der Waals surface area contributed by atoms with E-state index in [0.29, 0.717) is 29.7 Å². The van der Waals surface area contributed by atoms with Crippen LogP contribution in [-0.2, 0) is 13.1 Å². The number of likely N-dealkylation sites (N-methyl/N-ethyl adjacent to an activating group) is 1. The fourth-order valence-corrected chi connectivity index (χ4v) is 7.00. The molecule has 0 spiro atoms. The number of aryl methyl sites for hydroxylation is 1. The molecule has 0 radical (unpaired) electrons. The van der Waals surface area contributed by atoms with Gasteiger partial charge < -0.3 is 19.3 Å². The molecular weight excluding hydrogens is 553 g/mol. The maximum absolute atomic E-state index is 16.4. The van der Waals surface area contributed by atoms with Crippen LogP contribution in [0.15, 0.2) is 66.0 Å². The molecule has 4 aromatic rings. The summed E-state index contributed by atoms with van der Waals surface area (Å²) < 4.78 is 18.4. The zero-order valence-corrected chi connectivity index (χ0v) is 25.8. The van der Waals surface area contributed by atoms with Crippen LogP contribution < -0.4 is 15.2 Å². The van der Waals surface area contributed by atoms with Crippen molar-refractivity contribution < 1.29 is 4.39 Å². The number of pyridine rings is 3. The summed E-state index contributed by atoms with van der Waals surface area (Å²) in [7, 11) is 2.10. The van der Waals surface area contributed by atoms with E-state index in [0.717, 1.165) is 81.9 Å². The molecule has 0 unspecified atom stereocenters. The molecule has 230 valence electrons. The summed E-state index contributed by atoms with van der Waals surface area (Å²) in [6.07, 6.45) is 11.7. The normalized spacial score (nSPS) is 19.7. The number of hydrogen-bond donors (Lipinski definition) is 0. The molecule has 7 rings (SSSR count). The number of piperidine rings is 1. The second-order valence-electron chi connectivity index (χ2n) is 12.9. The number of benzene rings is 1. The fourth-order valence-electron chi connectivity index (χ4n) is 7.00. The molecule has 2 saturated heterocycles. The summed E-state index contributed by atoms with van der Waals surface area (Å²) >= 11 is 0. The SMILES string of the molecule is Cc1cc(CN(Cc2cn(C3CC3)c3c(F)c(N4CCN(C)CC4)ccc3c2=O)[C@H]2CCCN(c3cccnc3)C2)ccn1.